The number of anilines is 1. The number of hydrogen-bond donors (Lipinski definition) is 1. The summed E-state index contributed by atoms with van der Waals surface area (Å²) in [6.45, 7) is 7.13. The van der Waals surface area contributed by atoms with E-state index in [0.29, 0.717) is 0 Å². The molecular formula is C14H17N3. The fourth-order valence-electron chi connectivity index (χ4n) is 1.88. The fraction of sp³-hybridized carbons (Fsp3) is 0.286. The molecule has 88 valence electrons. The predicted molar refractivity (Wildman–Crippen MR) is 71.1 cm³/mol. The molecule has 0 aliphatic rings. The monoisotopic (exact) mass is 227 g/mol. The van der Waals surface area contributed by atoms with Gasteiger partial charge in [-0.2, -0.15) is 0 Å². The van der Waals surface area contributed by atoms with Crippen LogP contribution in [0.15, 0.2) is 30.6 Å². The van der Waals surface area contributed by atoms with Crippen LogP contribution in [-0.2, 0) is 0 Å². The van der Waals surface area contributed by atoms with E-state index in [0.717, 1.165) is 23.6 Å². The van der Waals surface area contributed by atoms with Crippen molar-refractivity contribution in [2.24, 2.45) is 0 Å². The van der Waals surface area contributed by atoms with E-state index < -0.39 is 0 Å². The molecule has 1 N–H and O–H groups in total. The molecule has 0 aliphatic carbocycles. The highest BCUT2D eigenvalue weighted by atomic mass is 15.0. The molecule has 2 rings (SSSR count). The Kier molecular flexibility index (Phi) is 3.38. The molecule has 0 spiro atoms. The molecule has 0 radical (unpaired) electrons. The first kappa shape index (κ1) is 11.6. The van der Waals surface area contributed by atoms with Crippen molar-refractivity contribution < 1.29 is 0 Å². The van der Waals surface area contributed by atoms with Crippen molar-refractivity contribution in [3.8, 4) is 11.3 Å². The molecule has 0 atom stereocenters. The van der Waals surface area contributed by atoms with E-state index in [1.165, 1.54) is 11.1 Å². The molecule has 1 aromatic carbocycles. The first-order valence-electron chi connectivity index (χ1n) is 5.84. The number of nitrogens with one attached hydrogen (secondary N) is 1. The molecule has 1 aromatic heterocycles. The lowest BCUT2D eigenvalue weighted by atomic mass is 10.0. The predicted octanol–water partition coefficient (Wildman–Crippen LogP) is 3.19. The minimum absolute atomic E-state index is 0.864. The van der Waals surface area contributed by atoms with Crippen molar-refractivity contribution in [2.45, 2.75) is 20.8 Å². The largest absolute Gasteiger partial charge is 0.370 e. The molecule has 0 unspecified atom stereocenters. The third kappa shape index (κ3) is 2.61. The Morgan fingerprint density at radius 3 is 2.65 bits per heavy atom. The zero-order valence-electron chi connectivity index (χ0n) is 10.5. The van der Waals surface area contributed by atoms with Gasteiger partial charge in [0.15, 0.2) is 0 Å². The second kappa shape index (κ2) is 4.95. The zero-order chi connectivity index (χ0) is 12.3. The van der Waals surface area contributed by atoms with E-state index in [-0.39, 0.29) is 0 Å². The molecule has 0 aliphatic heterocycles. The third-order valence-electron chi connectivity index (χ3n) is 2.68. The smallest absolute Gasteiger partial charge is 0.129 e. The lowest BCUT2D eigenvalue weighted by Crippen LogP contribution is -2.00. The molecule has 1 heterocycles. The van der Waals surface area contributed by atoms with E-state index in [1.807, 2.05) is 6.07 Å². The summed E-state index contributed by atoms with van der Waals surface area (Å²) in [5, 5.41) is 3.20. The van der Waals surface area contributed by atoms with Gasteiger partial charge in [-0.15, -0.1) is 0 Å². The topological polar surface area (TPSA) is 37.8 Å². The quantitative estimate of drug-likeness (QED) is 0.875. The van der Waals surface area contributed by atoms with Crippen molar-refractivity contribution in [1.82, 2.24) is 9.97 Å². The third-order valence-corrected chi connectivity index (χ3v) is 2.68. The van der Waals surface area contributed by atoms with Crippen LogP contribution in [0.5, 0.6) is 0 Å². The maximum atomic E-state index is 4.33. The van der Waals surface area contributed by atoms with Crippen molar-refractivity contribution in [3.05, 3.63) is 41.7 Å². The lowest BCUT2D eigenvalue weighted by molar-refractivity contribution is 1.11. The van der Waals surface area contributed by atoms with Gasteiger partial charge in [0.05, 0.1) is 5.69 Å². The second-order valence-corrected chi connectivity index (χ2v) is 4.14. The van der Waals surface area contributed by atoms with Crippen LogP contribution in [0.1, 0.15) is 18.1 Å². The minimum Gasteiger partial charge on any atom is -0.370 e. The summed E-state index contributed by atoms with van der Waals surface area (Å²) in [5.74, 6) is 0.873. The van der Waals surface area contributed by atoms with Crippen LogP contribution >= 0.6 is 0 Å². The molecule has 2 aromatic rings. The molecule has 0 fully saturated rings. The van der Waals surface area contributed by atoms with E-state index >= 15 is 0 Å². The van der Waals surface area contributed by atoms with Gasteiger partial charge in [-0.05, 0) is 26.3 Å². The number of aryl methyl sites for hydroxylation is 2. The summed E-state index contributed by atoms with van der Waals surface area (Å²) < 4.78 is 0. The molecule has 3 heteroatoms. The Labute approximate surface area is 102 Å². The summed E-state index contributed by atoms with van der Waals surface area (Å²) in [6, 6.07) is 8.38. The average Bonchev–Trinajstić information content (AvgIpc) is 2.29. The van der Waals surface area contributed by atoms with Gasteiger partial charge >= 0.3 is 0 Å². The molecule has 17 heavy (non-hydrogen) atoms. The van der Waals surface area contributed by atoms with Crippen LogP contribution in [-0.4, -0.2) is 16.5 Å². The summed E-state index contributed by atoms with van der Waals surface area (Å²) in [5.41, 5.74) is 4.64. The minimum atomic E-state index is 0.864. The summed E-state index contributed by atoms with van der Waals surface area (Å²) >= 11 is 0. The molecule has 0 bridgehead atoms. The number of rotatable bonds is 3. The Morgan fingerprint density at radius 2 is 1.94 bits per heavy atom. The van der Waals surface area contributed by atoms with Gasteiger partial charge in [0.2, 0.25) is 0 Å². The van der Waals surface area contributed by atoms with Crippen LogP contribution in [0, 0.1) is 13.8 Å². The number of benzene rings is 1. The van der Waals surface area contributed by atoms with Crippen LogP contribution in [0.2, 0.25) is 0 Å². The fourth-order valence-corrected chi connectivity index (χ4v) is 1.88. The van der Waals surface area contributed by atoms with Gasteiger partial charge in [-0.1, -0.05) is 23.8 Å². The lowest BCUT2D eigenvalue weighted by Gasteiger charge is -2.08. The Balaban J connectivity index is 2.42. The maximum absolute atomic E-state index is 4.33. The van der Waals surface area contributed by atoms with E-state index in [4.69, 9.17) is 0 Å². The van der Waals surface area contributed by atoms with Crippen molar-refractivity contribution in [3.63, 3.8) is 0 Å². The Morgan fingerprint density at radius 1 is 1.12 bits per heavy atom. The highest BCUT2D eigenvalue weighted by Gasteiger charge is 2.04. The summed E-state index contributed by atoms with van der Waals surface area (Å²) in [7, 11) is 0. The number of nitrogens with zero attached hydrogens (tertiary/aromatic N) is 2. The maximum Gasteiger partial charge on any atom is 0.129 e. The van der Waals surface area contributed by atoms with E-state index in [9.17, 15) is 0 Å². The molecular weight excluding hydrogens is 210 g/mol. The SMILES string of the molecule is CCNc1cc(-c2ccc(C)cc2C)ncn1. The molecule has 0 saturated carbocycles. The van der Waals surface area contributed by atoms with Crippen molar-refractivity contribution in [2.75, 3.05) is 11.9 Å². The Hall–Kier alpha value is -1.90. The van der Waals surface area contributed by atoms with Gasteiger partial charge in [0.25, 0.3) is 0 Å². The van der Waals surface area contributed by atoms with E-state index in [1.54, 1.807) is 6.33 Å². The first-order valence-corrected chi connectivity index (χ1v) is 5.84. The van der Waals surface area contributed by atoms with Gasteiger partial charge in [0.1, 0.15) is 12.1 Å². The van der Waals surface area contributed by atoms with Crippen molar-refractivity contribution in [1.29, 1.82) is 0 Å². The van der Waals surface area contributed by atoms with Gasteiger partial charge in [0, 0.05) is 18.2 Å². The van der Waals surface area contributed by atoms with Crippen LogP contribution in [0.25, 0.3) is 11.3 Å². The Bertz CT molecular complexity index is 521. The number of aromatic nitrogens is 2. The number of hydrogen-bond acceptors (Lipinski definition) is 3. The second-order valence-electron chi connectivity index (χ2n) is 4.14. The van der Waals surface area contributed by atoms with Gasteiger partial charge < -0.3 is 5.32 Å². The van der Waals surface area contributed by atoms with E-state index in [2.05, 4.69) is 54.3 Å². The standard InChI is InChI=1S/C14H17N3/c1-4-15-14-8-13(16-9-17-14)12-6-5-10(2)7-11(12)3/h5-9H,4H2,1-3H3,(H,15,16,17). The van der Waals surface area contributed by atoms with Crippen LogP contribution in [0.4, 0.5) is 5.82 Å². The average molecular weight is 227 g/mol. The van der Waals surface area contributed by atoms with Crippen molar-refractivity contribution >= 4 is 5.82 Å². The molecule has 0 saturated heterocycles. The highest BCUT2D eigenvalue weighted by Crippen LogP contribution is 2.23. The van der Waals surface area contributed by atoms with Crippen LogP contribution in [0.3, 0.4) is 0 Å². The first-order chi connectivity index (χ1) is 8.20. The van der Waals surface area contributed by atoms with Gasteiger partial charge in [-0.25, -0.2) is 9.97 Å². The summed E-state index contributed by atoms with van der Waals surface area (Å²) in [4.78, 5) is 8.51. The molecule has 3 nitrogen and oxygen atoms in total. The molecule has 0 amide bonds. The highest BCUT2D eigenvalue weighted by molar-refractivity contribution is 5.66. The zero-order valence-corrected chi connectivity index (χ0v) is 10.5. The normalized spacial score (nSPS) is 10.3. The summed E-state index contributed by atoms with van der Waals surface area (Å²) in [6.07, 6.45) is 1.60. The van der Waals surface area contributed by atoms with Gasteiger partial charge in [-0.3, -0.25) is 0 Å². The van der Waals surface area contributed by atoms with Crippen LogP contribution < -0.4 is 5.32 Å².